The number of nitrogens with one attached hydrogen (secondary N) is 1. The first-order valence-electron chi connectivity index (χ1n) is 12.8. The van der Waals surface area contributed by atoms with Gasteiger partial charge in [-0.1, -0.05) is 20.8 Å². The van der Waals surface area contributed by atoms with Crippen molar-refractivity contribution in [2.24, 2.45) is 0 Å². The van der Waals surface area contributed by atoms with Crippen molar-refractivity contribution in [1.82, 2.24) is 9.97 Å². The minimum absolute atomic E-state index is 0.102. The van der Waals surface area contributed by atoms with Crippen LogP contribution in [0.2, 0.25) is 18.1 Å². The Bertz CT molecular complexity index is 1250. The lowest BCUT2D eigenvalue weighted by Crippen LogP contribution is -2.45. The maximum Gasteiger partial charge on any atom is 0.227 e. The molecule has 1 N–H and O–H groups in total. The Morgan fingerprint density at radius 3 is 2.49 bits per heavy atom. The predicted molar refractivity (Wildman–Crippen MR) is 159 cm³/mol. The number of halogens is 2. The van der Waals surface area contributed by atoms with Gasteiger partial charge in [0.25, 0.3) is 0 Å². The molecule has 0 spiro atoms. The fraction of sp³-hybridized carbons (Fsp3) is 0.500. The van der Waals surface area contributed by atoms with E-state index in [1.807, 2.05) is 24.5 Å². The number of hydrogen-bond donors (Lipinski definition) is 1. The van der Waals surface area contributed by atoms with Crippen LogP contribution >= 0.6 is 27.7 Å². The molecule has 1 fully saturated rings. The van der Waals surface area contributed by atoms with Gasteiger partial charge in [0.2, 0.25) is 5.95 Å². The molecule has 5 nitrogen and oxygen atoms in total. The SMILES string of the molecule is CSCc1cc(F)cc(Nc2ncc3ccc(Br)c(OC4CCC(O[Si](C)(C)C(C)(C)C)CC4)c3n2)c1. The zero-order chi connectivity index (χ0) is 26.8. The lowest BCUT2D eigenvalue weighted by molar-refractivity contribution is 0.0729. The number of fused-ring (bicyclic) bond motifs is 1. The Hall–Kier alpha value is -1.68. The minimum Gasteiger partial charge on any atom is -0.487 e. The van der Waals surface area contributed by atoms with Crippen molar-refractivity contribution in [3.8, 4) is 5.75 Å². The zero-order valence-corrected chi connectivity index (χ0v) is 25.9. The molecule has 0 aliphatic heterocycles. The first kappa shape index (κ1) is 28.3. The molecule has 0 bridgehead atoms. The van der Waals surface area contributed by atoms with Crippen LogP contribution in [0.15, 0.2) is 41.0 Å². The predicted octanol–water partition coefficient (Wildman–Crippen LogP) is 8.85. The molecule has 1 aromatic heterocycles. The van der Waals surface area contributed by atoms with Crippen molar-refractivity contribution in [2.75, 3.05) is 11.6 Å². The highest BCUT2D eigenvalue weighted by atomic mass is 79.9. The molecule has 1 saturated carbocycles. The molecule has 1 aliphatic rings. The Morgan fingerprint density at radius 1 is 1.11 bits per heavy atom. The summed E-state index contributed by atoms with van der Waals surface area (Å²) in [5.74, 6) is 1.58. The van der Waals surface area contributed by atoms with E-state index in [-0.39, 0.29) is 17.0 Å². The number of ether oxygens (including phenoxy) is 1. The van der Waals surface area contributed by atoms with Crippen LogP contribution in [-0.4, -0.2) is 36.7 Å². The summed E-state index contributed by atoms with van der Waals surface area (Å²) in [6.07, 6.45) is 8.06. The smallest absolute Gasteiger partial charge is 0.227 e. The summed E-state index contributed by atoms with van der Waals surface area (Å²) in [5, 5.41) is 4.27. The van der Waals surface area contributed by atoms with E-state index in [0.717, 1.165) is 58.1 Å². The molecule has 0 atom stereocenters. The van der Waals surface area contributed by atoms with E-state index in [9.17, 15) is 4.39 Å². The summed E-state index contributed by atoms with van der Waals surface area (Å²) >= 11 is 5.32. The second kappa shape index (κ2) is 11.6. The average molecular weight is 607 g/mol. The number of hydrogen-bond acceptors (Lipinski definition) is 6. The summed E-state index contributed by atoms with van der Waals surface area (Å²) in [7, 11) is -1.78. The van der Waals surface area contributed by atoms with Gasteiger partial charge in [0.15, 0.2) is 14.1 Å². The molecule has 0 amide bonds. The topological polar surface area (TPSA) is 56.3 Å². The van der Waals surface area contributed by atoms with Crippen molar-refractivity contribution in [3.63, 3.8) is 0 Å². The van der Waals surface area contributed by atoms with Gasteiger partial charge < -0.3 is 14.5 Å². The van der Waals surface area contributed by atoms with Crippen molar-refractivity contribution < 1.29 is 13.6 Å². The highest BCUT2D eigenvalue weighted by Crippen LogP contribution is 2.40. The molecule has 0 saturated heterocycles. The van der Waals surface area contributed by atoms with Crippen LogP contribution in [0.1, 0.15) is 52.0 Å². The standard InChI is InChI=1S/C28H37BrFN3O2SSi/c1-28(2,3)37(5,6)35-23-10-8-22(9-11-23)34-26-24(29)12-7-19-16-31-27(33-25(19)26)32-21-14-18(17-36-4)13-20(30)15-21/h7,12-16,22-23H,8-11,17H2,1-6H3,(H,31,32,33). The van der Waals surface area contributed by atoms with E-state index in [1.165, 1.54) is 6.07 Å². The number of anilines is 2. The number of aromatic nitrogens is 2. The van der Waals surface area contributed by atoms with Crippen LogP contribution in [0.25, 0.3) is 10.9 Å². The van der Waals surface area contributed by atoms with Crippen LogP contribution < -0.4 is 10.1 Å². The van der Waals surface area contributed by atoms with Crippen molar-refractivity contribution in [1.29, 1.82) is 0 Å². The third-order valence-corrected chi connectivity index (χ3v) is 13.1. The highest BCUT2D eigenvalue weighted by Gasteiger charge is 2.40. The van der Waals surface area contributed by atoms with Gasteiger partial charge in [0, 0.05) is 29.1 Å². The van der Waals surface area contributed by atoms with Crippen molar-refractivity contribution in [3.05, 3.63) is 52.4 Å². The fourth-order valence-electron chi connectivity index (χ4n) is 4.35. The van der Waals surface area contributed by atoms with Gasteiger partial charge in [-0.3, -0.25) is 0 Å². The number of benzene rings is 2. The third-order valence-electron chi connectivity index (χ3n) is 7.36. The van der Waals surface area contributed by atoms with Gasteiger partial charge in [0.1, 0.15) is 11.3 Å². The summed E-state index contributed by atoms with van der Waals surface area (Å²) in [6.45, 7) is 11.5. The monoisotopic (exact) mass is 605 g/mol. The maximum absolute atomic E-state index is 14.1. The summed E-state index contributed by atoms with van der Waals surface area (Å²) in [4.78, 5) is 9.22. The van der Waals surface area contributed by atoms with Crippen LogP contribution in [0, 0.1) is 5.82 Å². The zero-order valence-electron chi connectivity index (χ0n) is 22.5. The molecule has 9 heteroatoms. The minimum atomic E-state index is -1.78. The second-order valence-corrected chi connectivity index (χ2v) is 17.8. The van der Waals surface area contributed by atoms with E-state index in [4.69, 9.17) is 14.1 Å². The fourth-order valence-corrected chi connectivity index (χ4v) is 6.68. The molecule has 1 aliphatic carbocycles. The first-order valence-corrected chi connectivity index (χ1v) is 17.9. The third kappa shape index (κ3) is 7.05. The molecular weight excluding hydrogens is 569 g/mol. The van der Waals surface area contributed by atoms with E-state index in [0.29, 0.717) is 17.7 Å². The Labute approximate surface area is 233 Å². The summed E-state index contributed by atoms with van der Waals surface area (Å²) in [6, 6.07) is 8.88. The van der Waals surface area contributed by atoms with E-state index in [2.05, 4.69) is 60.1 Å². The Morgan fingerprint density at radius 2 is 1.81 bits per heavy atom. The lowest BCUT2D eigenvalue weighted by atomic mass is 9.95. The Kier molecular flexibility index (Phi) is 8.88. The highest BCUT2D eigenvalue weighted by molar-refractivity contribution is 9.10. The quantitative estimate of drug-likeness (QED) is 0.259. The molecule has 0 unspecified atom stereocenters. The van der Waals surface area contributed by atoms with Crippen LogP contribution in [0.3, 0.4) is 0 Å². The van der Waals surface area contributed by atoms with Gasteiger partial charge >= 0.3 is 0 Å². The molecule has 3 aromatic rings. The molecule has 2 aromatic carbocycles. The van der Waals surface area contributed by atoms with Gasteiger partial charge in [-0.05, 0) is 102 Å². The molecule has 0 radical (unpaired) electrons. The maximum atomic E-state index is 14.1. The van der Waals surface area contributed by atoms with Crippen molar-refractivity contribution >= 4 is 58.5 Å². The van der Waals surface area contributed by atoms with Gasteiger partial charge in [-0.25, -0.2) is 14.4 Å². The van der Waals surface area contributed by atoms with E-state index >= 15 is 0 Å². The normalized spacial score (nSPS) is 18.7. The molecule has 4 rings (SSSR count). The van der Waals surface area contributed by atoms with Gasteiger partial charge in [0.05, 0.1) is 10.6 Å². The Balaban J connectivity index is 1.49. The van der Waals surface area contributed by atoms with Crippen LogP contribution in [-0.2, 0) is 10.2 Å². The summed E-state index contributed by atoms with van der Waals surface area (Å²) in [5.41, 5.74) is 2.27. The van der Waals surface area contributed by atoms with Crippen molar-refractivity contribution in [2.45, 2.75) is 82.5 Å². The molecular formula is C28H37BrFN3O2SSi. The lowest BCUT2D eigenvalue weighted by Gasteiger charge is -2.41. The number of thioether (sulfide) groups is 1. The van der Waals surface area contributed by atoms with Crippen LogP contribution in [0.5, 0.6) is 5.75 Å². The molecule has 200 valence electrons. The van der Waals surface area contributed by atoms with Gasteiger partial charge in [-0.15, -0.1) is 0 Å². The van der Waals surface area contributed by atoms with Gasteiger partial charge in [-0.2, -0.15) is 11.8 Å². The van der Waals surface area contributed by atoms with E-state index < -0.39 is 8.32 Å². The van der Waals surface area contributed by atoms with Crippen LogP contribution in [0.4, 0.5) is 16.0 Å². The number of nitrogens with zero attached hydrogens (tertiary/aromatic N) is 2. The molecule has 1 heterocycles. The summed E-state index contributed by atoms with van der Waals surface area (Å²) < 4.78 is 28.2. The first-order chi connectivity index (χ1) is 17.4. The second-order valence-electron chi connectivity index (χ2n) is 11.3. The average Bonchev–Trinajstić information content (AvgIpc) is 2.81. The molecule has 37 heavy (non-hydrogen) atoms. The number of rotatable bonds is 8. The largest absolute Gasteiger partial charge is 0.487 e. The van der Waals surface area contributed by atoms with E-state index in [1.54, 1.807) is 24.0 Å².